The number of aromatic nitrogens is 2. The van der Waals surface area contributed by atoms with Crippen LogP contribution in [0.2, 0.25) is 0 Å². The van der Waals surface area contributed by atoms with E-state index >= 15 is 0 Å². The summed E-state index contributed by atoms with van der Waals surface area (Å²) >= 11 is 1.98. The molecule has 1 aromatic rings. The van der Waals surface area contributed by atoms with Gasteiger partial charge in [-0.1, -0.05) is 6.92 Å². The fraction of sp³-hybridized carbons (Fsp3) is 0.571. The van der Waals surface area contributed by atoms with Crippen LogP contribution < -0.4 is 0 Å². The van der Waals surface area contributed by atoms with Gasteiger partial charge in [-0.25, -0.2) is 8.78 Å². The lowest BCUT2D eigenvalue weighted by Crippen LogP contribution is -2.20. The summed E-state index contributed by atoms with van der Waals surface area (Å²) < 4.78 is 26.9. The van der Waals surface area contributed by atoms with E-state index < -0.39 is 11.8 Å². The zero-order valence-corrected chi connectivity index (χ0v) is 8.52. The minimum absolute atomic E-state index is 0.195. The van der Waals surface area contributed by atoms with Gasteiger partial charge in [0.15, 0.2) is 0 Å². The van der Waals surface area contributed by atoms with E-state index in [9.17, 15) is 8.78 Å². The number of fused-ring (bicyclic) bond motifs is 1. The normalized spacial score (nSPS) is 25.8. The van der Waals surface area contributed by atoms with Crippen LogP contribution in [-0.4, -0.2) is 16.1 Å². The number of rotatable bonds is 0. The van der Waals surface area contributed by atoms with Gasteiger partial charge in [0, 0.05) is 17.2 Å². The van der Waals surface area contributed by atoms with E-state index in [4.69, 9.17) is 0 Å². The highest BCUT2D eigenvalue weighted by Crippen LogP contribution is 2.45. The molecular weight excluding hydrogens is 277 g/mol. The Hall–Kier alpha value is -0.200. The van der Waals surface area contributed by atoms with E-state index in [1.807, 2.05) is 22.6 Å². The maximum absolute atomic E-state index is 13.1. The summed E-state index contributed by atoms with van der Waals surface area (Å²) in [5, 5.41) is 6.52. The molecule has 0 aliphatic heterocycles. The Morgan fingerprint density at radius 3 is 2.92 bits per heavy atom. The van der Waals surface area contributed by atoms with E-state index in [1.165, 1.54) is 0 Å². The molecule has 1 heterocycles. The Morgan fingerprint density at radius 1 is 1.67 bits per heavy atom. The average molecular weight is 284 g/mol. The molecule has 0 amide bonds. The fourth-order valence-electron chi connectivity index (χ4n) is 1.54. The molecule has 0 spiro atoms. The third-order valence-electron chi connectivity index (χ3n) is 2.32. The largest absolute Gasteiger partial charge is 0.281 e. The standard InChI is InChI=1S/C7H7F2IN2/c1-3-5-4(2-7(3,8)9)11-12-6(5)10/h3H,2H2,1H3,(H,11,12)/t3-/m0/s1. The fourth-order valence-corrected chi connectivity index (χ4v) is 2.45. The first-order valence-corrected chi connectivity index (χ1v) is 4.70. The highest BCUT2D eigenvalue weighted by atomic mass is 127. The molecule has 0 aromatic carbocycles. The third kappa shape index (κ3) is 0.982. The van der Waals surface area contributed by atoms with Gasteiger partial charge in [0.1, 0.15) is 3.70 Å². The predicted octanol–water partition coefficient (Wildman–Crippen LogP) is 2.31. The lowest BCUT2D eigenvalue weighted by Gasteiger charge is -2.14. The molecule has 1 atom stereocenters. The van der Waals surface area contributed by atoms with Crippen LogP contribution in [0, 0.1) is 3.70 Å². The first-order valence-electron chi connectivity index (χ1n) is 3.63. The van der Waals surface area contributed by atoms with Gasteiger partial charge in [-0.05, 0) is 22.6 Å². The first kappa shape index (κ1) is 8.40. The second-order valence-electron chi connectivity index (χ2n) is 3.07. The van der Waals surface area contributed by atoms with Crippen molar-refractivity contribution in [1.82, 2.24) is 10.2 Å². The highest BCUT2D eigenvalue weighted by Gasteiger charge is 2.47. The molecule has 0 saturated carbocycles. The van der Waals surface area contributed by atoms with Crippen LogP contribution in [0.15, 0.2) is 0 Å². The van der Waals surface area contributed by atoms with Gasteiger partial charge < -0.3 is 0 Å². The molecule has 0 saturated heterocycles. The van der Waals surface area contributed by atoms with Crippen LogP contribution in [0.4, 0.5) is 8.78 Å². The van der Waals surface area contributed by atoms with Gasteiger partial charge in [-0.3, -0.25) is 5.10 Å². The number of hydrogen-bond acceptors (Lipinski definition) is 1. The van der Waals surface area contributed by atoms with Gasteiger partial charge in [0.25, 0.3) is 5.92 Å². The number of alkyl halides is 2. The number of nitrogens with one attached hydrogen (secondary N) is 1. The summed E-state index contributed by atoms with van der Waals surface area (Å²) in [6.07, 6.45) is -0.195. The maximum atomic E-state index is 13.1. The van der Waals surface area contributed by atoms with Crippen LogP contribution in [0.1, 0.15) is 24.1 Å². The third-order valence-corrected chi connectivity index (χ3v) is 3.14. The minimum atomic E-state index is -2.59. The van der Waals surface area contributed by atoms with Crippen molar-refractivity contribution >= 4 is 22.6 Å². The summed E-state index contributed by atoms with van der Waals surface area (Å²) in [4.78, 5) is 0. The summed E-state index contributed by atoms with van der Waals surface area (Å²) in [6, 6.07) is 0. The Bertz CT molecular complexity index is 321. The van der Waals surface area contributed by atoms with Crippen molar-refractivity contribution in [2.75, 3.05) is 0 Å². The molecule has 2 nitrogen and oxygen atoms in total. The number of halogens is 3. The van der Waals surface area contributed by atoms with E-state index in [1.54, 1.807) is 6.92 Å². The van der Waals surface area contributed by atoms with Crippen LogP contribution >= 0.6 is 22.6 Å². The number of hydrogen-bond donors (Lipinski definition) is 1. The van der Waals surface area contributed by atoms with Crippen LogP contribution in [-0.2, 0) is 6.42 Å². The molecular formula is C7H7F2IN2. The molecule has 5 heteroatoms. The van der Waals surface area contributed by atoms with Crippen LogP contribution in [0.25, 0.3) is 0 Å². The molecule has 12 heavy (non-hydrogen) atoms. The van der Waals surface area contributed by atoms with Gasteiger partial charge >= 0.3 is 0 Å². The van der Waals surface area contributed by atoms with Crippen LogP contribution in [0.5, 0.6) is 0 Å². The van der Waals surface area contributed by atoms with Gasteiger partial charge in [0.05, 0.1) is 6.42 Å². The van der Waals surface area contributed by atoms with E-state index in [0.717, 1.165) is 0 Å². The minimum Gasteiger partial charge on any atom is -0.281 e. The summed E-state index contributed by atoms with van der Waals surface area (Å²) in [5.41, 5.74) is 1.29. The van der Waals surface area contributed by atoms with Crippen molar-refractivity contribution in [2.45, 2.75) is 25.2 Å². The van der Waals surface area contributed by atoms with Crippen molar-refractivity contribution in [3.8, 4) is 0 Å². The van der Waals surface area contributed by atoms with E-state index in [2.05, 4.69) is 10.2 Å². The van der Waals surface area contributed by atoms with Crippen molar-refractivity contribution in [3.63, 3.8) is 0 Å². The van der Waals surface area contributed by atoms with Crippen LogP contribution in [0.3, 0.4) is 0 Å². The van der Waals surface area contributed by atoms with Crippen molar-refractivity contribution < 1.29 is 8.78 Å². The molecule has 1 N–H and O–H groups in total. The summed E-state index contributed by atoms with van der Waals surface area (Å²) in [5.74, 6) is -3.29. The van der Waals surface area contributed by atoms with Crippen molar-refractivity contribution in [3.05, 3.63) is 15.0 Å². The lowest BCUT2D eigenvalue weighted by atomic mass is 10.0. The molecule has 0 fully saturated rings. The Labute approximate surface area is 81.9 Å². The second-order valence-corrected chi connectivity index (χ2v) is 4.09. The Morgan fingerprint density at radius 2 is 2.33 bits per heavy atom. The van der Waals surface area contributed by atoms with Gasteiger partial charge in [0.2, 0.25) is 0 Å². The second kappa shape index (κ2) is 2.40. The first-order chi connectivity index (χ1) is 5.52. The van der Waals surface area contributed by atoms with E-state index in [-0.39, 0.29) is 6.42 Å². The lowest BCUT2D eigenvalue weighted by molar-refractivity contribution is -0.0109. The molecule has 0 unspecified atom stereocenters. The monoisotopic (exact) mass is 284 g/mol. The summed E-state index contributed by atoms with van der Waals surface area (Å²) in [6.45, 7) is 1.55. The number of aromatic amines is 1. The SMILES string of the molecule is C[C@H]1c2c(I)n[nH]c2CC1(F)F. The Balaban J connectivity index is 2.51. The Kier molecular flexibility index (Phi) is 1.68. The maximum Gasteiger partial charge on any atom is 0.260 e. The summed E-state index contributed by atoms with van der Waals surface area (Å²) in [7, 11) is 0. The topological polar surface area (TPSA) is 28.7 Å². The van der Waals surface area contributed by atoms with Crippen molar-refractivity contribution in [2.24, 2.45) is 0 Å². The number of H-pyrrole nitrogens is 1. The molecule has 66 valence electrons. The average Bonchev–Trinajstić information content (AvgIpc) is 2.38. The van der Waals surface area contributed by atoms with Crippen molar-refractivity contribution in [1.29, 1.82) is 0 Å². The number of nitrogens with zero attached hydrogens (tertiary/aromatic N) is 1. The molecule has 1 aliphatic rings. The zero-order valence-electron chi connectivity index (χ0n) is 6.37. The molecule has 1 aromatic heterocycles. The van der Waals surface area contributed by atoms with Gasteiger partial charge in [-0.15, -0.1) is 0 Å². The predicted molar refractivity (Wildman–Crippen MR) is 48.4 cm³/mol. The molecule has 0 radical (unpaired) electrons. The van der Waals surface area contributed by atoms with E-state index in [0.29, 0.717) is 15.0 Å². The smallest absolute Gasteiger partial charge is 0.260 e. The molecule has 2 rings (SSSR count). The van der Waals surface area contributed by atoms with Gasteiger partial charge in [-0.2, -0.15) is 5.10 Å². The highest BCUT2D eigenvalue weighted by molar-refractivity contribution is 14.1. The zero-order chi connectivity index (χ0) is 8.93. The molecule has 0 bridgehead atoms. The molecule has 1 aliphatic carbocycles. The quantitative estimate of drug-likeness (QED) is 0.728.